The molecule has 1 nitrogen and oxygen atoms in total. The van der Waals surface area contributed by atoms with E-state index in [1.807, 2.05) is 18.8 Å². The highest BCUT2D eigenvalue weighted by atomic mass is 127. The molecule has 0 saturated heterocycles. The first kappa shape index (κ1) is 8.04. The summed E-state index contributed by atoms with van der Waals surface area (Å²) in [6, 6.07) is 0. The maximum Gasteiger partial charge on any atom is 0.0415 e. The van der Waals surface area contributed by atoms with E-state index < -0.39 is 0 Å². The van der Waals surface area contributed by atoms with Crippen molar-refractivity contribution in [1.82, 2.24) is 5.32 Å². The van der Waals surface area contributed by atoms with Gasteiger partial charge in [0.15, 0.2) is 0 Å². The monoisotopic (exact) mass is 231 g/mol. The van der Waals surface area contributed by atoms with Crippen LogP contribution in [0.3, 0.4) is 0 Å². The second-order valence-corrected chi connectivity index (χ2v) is 3.28. The summed E-state index contributed by atoms with van der Waals surface area (Å²) in [5.74, 6) is 2.35. The van der Waals surface area contributed by atoms with Crippen LogP contribution in [0.25, 0.3) is 0 Å². The van der Waals surface area contributed by atoms with Gasteiger partial charge >= 0.3 is 0 Å². The van der Waals surface area contributed by atoms with Crippen LogP contribution < -0.4 is 5.32 Å². The molecule has 3 heteroatoms. The molecule has 0 aliphatic carbocycles. The number of hydrogen-bond donors (Lipinski definition) is 1. The van der Waals surface area contributed by atoms with E-state index in [2.05, 4.69) is 27.9 Å². The molecular weight excluding hydrogens is 221 g/mol. The minimum Gasteiger partial charge on any atom is -0.311 e. The zero-order valence-corrected chi connectivity index (χ0v) is 7.38. The Morgan fingerprint density at radius 2 is 2.43 bits per heavy atom. The first-order chi connectivity index (χ1) is 3.41. The van der Waals surface area contributed by atoms with E-state index in [-0.39, 0.29) is 0 Å². The van der Waals surface area contributed by atoms with Crippen molar-refractivity contribution >= 4 is 34.4 Å². The minimum atomic E-state index is 1.09. The van der Waals surface area contributed by atoms with E-state index in [4.69, 9.17) is 0 Å². The van der Waals surface area contributed by atoms with Gasteiger partial charge in [-0.25, -0.2) is 0 Å². The maximum absolute atomic E-state index is 3.06. The Balaban J connectivity index is 2.45. The van der Waals surface area contributed by atoms with Gasteiger partial charge in [-0.3, -0.25) is 0 Å². The van der Waals surface area contributed by atoms with Crippen molar-refractivity contribution in [1.29, 1.82) is 0 Å². The molecular formula is C4H10INS. The summed E-state index contributed by atoms with van der Waals surface area (Å²) in [7, 11) is 1.97. The molecule has 0 spiro atoms. The molecule has 0 saturated carbocycles. The number of nitrogens with one attached hydrogen (secondary N) is 1. The van der Waals surface area contributed by atoms with Crippen LogP contribution in [-0.2, 0) is 0 Å². The quantitative estimate of drug-likeness (QED) is 0.339. The lowest BCUT2D eigenvalue weighted by molar-refractivity contribution is 0.983. The summed E-state index contributed by atoms with van der Waals surface area (Å²) in [6.45, 7) is 0. The molecule has 0 aliphatic heterocycles. The highest BCUT2D eigenvalue weighted by Crippen LogP contribution is 1.97. The summed E-state index contributed by atoms with van der Waals surface area (Å²) in [5, 5.41) is 3.06. The number of alkyl halides is 1. The number of rotatable bonds is 4. The molecule has 0 atom stereocenters. The zero-order valence-electron chi connectivity index (χ0n) is 4.41. The molecule has 0 amide bonds. The smallest absolute Gasteiger partial charge is 0.0415 e. The normalized spacial score (nSPS) is 9.43. The van der Waals surface area contributed by atoms with Crippen molar-refractivity contribution < 1.29 is 0 Å². The van der Waals surface area contributed by atoms with Crippen LogP contribution in [-0.4, -0.2) is 23.1 Å². The maximum atomic E-state index is 3.06. The van der Waals surface area contributed by atoms with E-state index in [1.165, 1.54) is 10.2 Å². The zero-order chi connectivity index (χ0) is 5.54. The van der Waals surface area contributed by atoms with Crippen molar-refractivity contribution in [2.24, 2.45) is 0 Å². The molecule has 0 aromatic rings. The molecule has 44 valence electrons. The van der Waals surface area contributed by atoms with Crippen LogP contribution in [0.4, 0.5) is 0 Å². The van der Waals surface area contributed by atoms with Crippen LogP contribution in [0.2, 0.25) is 0 Å². The SMILES string of the molecule is CNCSCCI. The van der Waals surface area contributed by atoms with Gasteiger partial charge in [-0.2, -0.15) is 0 Å². The van der Waals surface area contributed by atoms with Gasteiger partial charge < -0.3 is 5.32 Å². The lowest BCUT2D eigenvalue weighted by Crippen LogP contribution is -2.03. The standard InChI is InChI=1S/C4H10INS/c1-6-4-7-3-2-5/h6H,2-4H2,1H3. The third kappa shape index (κ3) is 7.04. The first-order valence-electron chi connectivity index (χ1n) is 2.20. The van der Waals surface area contributed by atoms with Gasteiger partial charge in [0, 0.05) is 16.1 Å². The van der Waals surface area contributed by atoms with E-state index in [0.29, 0.717) is 0 Å². The number of thioether (sulfide) groups is 1. The van der Waals surface area contributed by atoms with E-state index in [1.54, 1.807) is 0 Å². The summed E-state index contributed by atoms with van der Waals surface area (Å²) in [5.41, 5.74) is 0. The van der Waals surface area contributed by atoms with E-state index >= 15 is 0 Å². The van der Waals surface area contributed by atoms with Gasteiger partial charge in [-0.1, -0.05) is 22.6 Å². The Bertz CT molecular complexity index is 30.9. The lowest BCUT2D eigenvalue weighted by atomic mass is 11.0. The molecule has 0 heterocycles. The van der Waals surface area contributed by atoms with Crippen molar-refractivity contribution in [3.63, 3.8) is 0 Å². The Morgan fingerprint density at radius 1 is 1.71 bits per heavy atom. The van der Waals surface area contributed by atoms with Crippen LogP contribution in [0.1, 0.15) is 0 Å². The highest BCUT2D eigenvalue weighted by molar-refractivity contribution is 14.1. The Kier molecular flexibility index (Phi) is 8.09. The van der Waals surface area contributed by atoms with Crippen molar-refractivity contribution in [3.05, 3.63) is 0 Å². The van der Waals surface area contributed by atoms with E-state index in [0.717, 1.165) is 5.88 Å². The Labute approximate surface area is 62.8 Å². The molecule has 0 fully saturated rings. The van der Waals surface area contributed by atoms with Gasteiger partial charge in [0.05, 0.1) is 0 Å². The van der Waals surface area contributed by atoms with E-state index in [9.17, 15) is 0 Å². The second kappa shape index (κ2) is 7.04. The van der Waals surface area contributed by atoms with Crippen molar-refractivity contribution in [2.45, 2.75) is 0 Å². The third-order valence-electron chi connectivity index (χ3n) is 0.468. The largest absolute Gasteiger partial charge is 0.311 e. The van der Waals surface area contributed by atoms with Gasteiger partial charge in [0.25, 0.3) is 0 Å². The summed E-state index contributed by atoms with van der Waals surface area (Å²) in [4.78, 5) is 0. The second-order valence-electron chi connectivity index (χ2n) is 1.10. The third-order valence-corrected chi connectivity index (χ3v) is 2.72. The molecule has 0 aromatic heterocycles. The fourth-order valence-corrected chi connectivity index (χ4v) is 1.62. The summed E-state index contributed by atoms with van der Waals surface area (Å²) >= 11 is 4.31. The highest BCUT2D eigenvalue weighted by Gasteiger charge is 1.79. The molecule has 0 bridgehead atoms. The number of hydrogen-bond acceptors (Lipinski definition) is 2. The van der Waals surface area contributed by atoms with Crippen LogP contribution in [0.15, 0.2) is 0 Å². The van der Waals surface area contributed by atoms with Gasteiger partial charge in [-0.15, -0.1) is 11.8 Å². The number of halogens is 1. The molecule has 0 aromatic carbocycles. The minimum absolute atomic E-state index is 1.09. The molecule has 0 rings (SSSR count). The fraction of sp³-hybridized carbons (Fsp3) is 1.00. The van der Waals surface area contributed by atoms with Crippen LogP contribution >= 0.6 is 34.4 Å². The molecule has 7 heavy (non-hydrogen) atoms. The predicted octanol–water partition coefficient (Wildman–Crippen LogP) is 1.33. The molecule has 0 aliphatic rings. The fourth-order valence-electron chi connectivity index (χ4n) is 0.229. The predicted molar refractivity (Wildman–Crippen MR) is 45.3 cm³/mol. The van der Waals surface area contributed by atoms with Crippen LogP contribution in [0.5, 0.6) is 0 Å². The molecule has 0 radical (unpaired) electrons. The summed E-state index contributed by atoms with van der Waals surface area (Å²) in [6.07, 6.45) is 0. The Hall–Kier alpha value is 1.04. The summed E-state index contributed by atoms with van der Waals surface area (Å²) < 4.78 is 1.25. The average Bonchev–Trinajstić information content (AvgIpc) is 1.69. The van der Waals surface area contributed by atoms with Gasteiger partial charge in [0.1, 0.15) is 0 Å². The van der Waals surface area contributed by atoms with Crippen molar-refractivity contribution in [3.8, 4) is 0 Å². The van der Waals surface area contributed by atoms with Crippen molar-refractivity contribution in [2.75, 3.05) is 23.1 Å². The Morgan fingerprint density at radius 3 is 2.86 bits per heavy atom. The molecule has 0 unspecified atom stereocenters. The average molecular weight is 231 g/mol. The van der Waals surface area contributed by atoms with Gasteiger partial charge in [-0.05, 0) is 7.05 Å². The topological polar surface area (TPSA) is 12.0 Å². The lowest BCUT2D eigenvalue weighted by Gasteiger charge is -1.92. The first-order valence-corrected chi connectivity index (χ1v) is 4.88. The van der Waals surface area contributed by atoms with Crippen LogP contribution in [0, 0.1) is 0 Å². The van der Waals surface area contributed by atoms with Gasteiger partial charge in [0.2, 0.25) is 0 Å². The molecule has 1 N–H and O–H groups in total.